The van der Waals surface area contributed by atoms with Gasteiger partial charge in [0.15, 0.2) is 5.82 Å². The van der Waals surface area contributed by atoms with Crippen molar-refractivity contribution in [2.45, 2.75) is 25.4 Å². The van der Waals surface area contributed by atoms with E-state index in [2.05, 4.69) is 31.1 Å². The lowest BCUT2D eigenvalue weighted by Crippen LogP contribution is -2.32. The molecule has 0 bridgehead atoms. The summed E-state index contributed by atoms with van der Waals surface area (Å²) in [6.07, 6.45) is 3.49. The first-order valence-corrected chi connectivity index (χ1v) is 7.94. The van der Waals surface area contributed by atoms with E-state index in [-0.39, 0.29) is 6.04 Å². The second-order valence-electron chi connectivity index (χ2n) is 5.81. The average Bonchev–Trinajstić information content (AvgIpc) is 3.06. The molecule has 0 fully saturated rings. The molecule has 3 heterocycles. The van der Waals surface area contributed by atoms with E-state index in [0.717, 1.165) is 36.6 Å². The fraction of sp³-hybridized carbons (Fsp3) is 0.222. The van der Waals surface area contributed by atoms with Crippen LogP contribution in [0.4, 0.5) is 5.82 Å². The van der Waals surface area contributed by atoms with Gasteiger partial charge in [-0.2, -0.15) is 5.26 Å². The van der Waals surface area contributed by atoms with E-state index in [9.17, 15) is 5.26 Å². The molecule has 1 aliphatic heterocycles. The van der Waals surface area contributed by atoms with E-state index >= 15 is 0 Å². The Morgan fingerprint density at radius 1 is 1.12 bits per heavy atom. The molecule has 1 aliphatic rings. The summed E-state index contributed by atoms with van der Waals surface area (Å²) >= 11 is 0. The number of nitrogens with one attached hydrogen (secondary N) is 1. The molecule has 3 aromatic rings. The fourth-order valence-electron chi connectivity index (χ4n) is 3.05. The number of pyridine rings is 1. The summed E-state index contributed by atoms with van der Waals surface area (Å²) in [5.41, 5.74) is 1.63. The molecule has 0 saturated carbocycles. The SMILES string of the molecule is N#Cc1cccnc1N[C@@H]1CCc2nnc(-c3ccccc3)n2C1. The van der Waals surface area contributed by atoms with Crippen LogP contribution in [0, 0.1) is 11.3 Å². The zero-order valence-corrected chi connectivity index (χ0v) is 13.1. The number of rotatable bonds is 3. The molecule has 0 unspecified atom stereocenters. The Hall–Kier alpha value is -3.20. The van der Waals surface area contributed by atoms with Crippen molar-refractivity contribution in [1.29, 1.82) is 5.26 Å². The quantitative estimate of drug-likeness (QED) is 0.803. The summed E-state index contributed by atoms with van der Waals surface area (Å²) in [6, 6.07) is 16.0. The summed E-state index contributed by atoms with van der Waals surface area (Å²) in [6.45, 7) is 0.758. The molecule has 0 aliphatic carbocycles. The molecule has 0 saturated heterocycles. The normalized spacial score (nSPS) is 16.2. The second-order valence-corrected chi connectivity index (χ2v) is 5.81. The maximum atomic E-state index is 9.21. The smallest absolute Gasteiger partial charge is 0.164 e. The Balaban J connectivity index is 1.60. The summed E-state index contributed by atoms with van der Waals surface area (Å²) in [5, 5.41) is 21.3. The van der Waals surface area contributed by atoms with Gasteiger partial charge in [-0.25, -0.2) is 4.98 Å². The molecule has 0 radical (unpaired) electrons. The molecule has 24 heavy (non-hydrogen) atoms. The highest BCUT2D eigenvalue weighted by Gasteiger charge is 2.24. The van der Waals surface area contributed by atoms with E-state index in [0.29, 0.717) is 11.4 Å². The number of aryl methyl sites for hydroxylation is 1. The van der Waals surface area contributed by atoms with Crippen LogP contribution in [0.3, 0.4) is 0 Å². The predicted octanol–water partition coefficient (Wildman–Crippen LogP) is 2.64. The van der Waals surface area contributed by atoms with Crippen LogP contribution in [0.2, 0.25) is 0 Å². The van der Waals surface area contributed by atoms with Gasteiger partial charge in [0.1, 0.15) is 17.7 Å². The molecular weight excluding hydrogens is 300 g/mol. The van der Waals surface area contributed by atoms with Crippen molar-refractivity contribution >= 4 is 5.82 Å². The van der Waals surface area contributed by atoms with Crippen molar-refractivity contribution in [3.05, 3.63) is 60.0 Å². The Bertz CT molecular complexity index is 893. The maximum absolute atomic E-state index is 9.21. The van der Waals surface area contributed by atoms with Gasteiger partial charge in [-0.05, 0) is 18.6 Å². The van der Waals surface area contributed by atoms with Gasteiger partial charge < -0.3 is 9.88 Å². The van der Waals surface area contributed by atoms with Crippen LogP contribution in [-0.2, 0) is 13.0 Å². The zero-order chi connectivity index (χ0) is 16.4. The second kappa shape index (κ2) is 6.13. The highest BCUT2D eigenvalue weighted by molar-refractivity contribution is 5.55. The van der Waals surface area contributed by atoms with E-state index in [4.69, 9.17) is 0 Å². The van der Waals surface area contributed by atoms with Gasteiger partial charge in [0, 0.05) is 30.8 Å². The molecule has 1 N–H and O–H groups in total. The molecule has 118 valence electrons. The lowest BCUT2D eigenvalue weighted by molar-refractivity contribution is 0.478. The van der Waals surface area contributed by atoms with E-state index < -0.39 is 0 Å². The number of aromatic nitrogens is 4. The highest BCUT2D eigenvalue weighted by Crippen LogP contribution is 2.24. The number of nitrogens with zero attached hydrogens (tertiary/aromatic N) is 5. The first kappa shape index (κ1) is 14.4. The fourth-order valence-corrected chi connectivity index (χ4v) is 3.05. The zero-order valence-electron chi connectivity index (χ0n) is 13.1. The first-order valence-electron chi connectivity index (χ1n) is 7.94. The van der Waals surface area contributed by atoms with Crippen molar-refractivity contribution < 1.29 is 0 Å². The molecule has 1 aromatic carbocycles. The molecule has 6 nitrogen and oxygen atoms in total. The van der Waals surface area contributed by atoms with Crippen LogP contribution >= 0.6 is 0 Å². The lowest BCUT2D eigenvalue weighted by Gasteiger charge is -2.26. The minimum Gasteiger partial charge on any atom is -0.364 e. The predicted molar refractivity (Wildman–Crippen MR) is 90.1 cm³/mol. The molecule has 6 heteroatoms. The number of anilines is 1. The van der Waals surface area contributed by atoms with Crippen LogP contribution in [0.1, 0.15) is 17.8 Å². The third-order valence-electron chi connectivity index (χ3n) is 4.25. The van der Waals surface area contributed by atoms with Gasteiger partial charge in [-0.3, -0.25) is 0 Å². The van der Waals surface area contributed by atoms with Crippen LogP contribution < -0.4 is 5.32 Å². The van der Waals surface area contributed by atoms with Gasteiger partial charge in [0.25, 0.3) is 0 Å². The summed E-state index contributed by atoms with van der Waals surface area (Å²) in [4.78, 5) is 4.29. The van der Waals surface area contributed by atoms with Crippen molar-refractivity contribution in [3.8, 4) is 17.5 Å². The Kier molecular flexibility index (Phi) is 3.67. The largest absolute Gasteiger partial charge is 0.364 e. The lowest BCUT2D eigenvalue weighted by atomic mass is 10.1. The van der Waals surface area contributed by atoms with Gasteiger partial charge in [0.2, 0.25) is 0 Å². The maximum Gasteiger partial charge on any atom is 0.164 e. The Morgan fingerprint density at radius 2 is 2.00 bits per heavy atom. The van der Waals surface area contributed by atoms with Gasteiger partial charge in [-0.1, -0.05) is 30.3 Å². The average molecular weight is 316 g/mol. The standard InChI is InChI=1S/C18H16N6/c19-11-14-7-4-10-20-17(14)21-15-8-9-16-22-23-18(24(16)12-15)13-5-2-1-3-6-13/h1-7,10,15H,8-9,12H2,(H,20,21)/t15-/m1/s1. The topological polar surface area (TPSA) is 79.4 Å². The molecular formula is C18H16N6. The minimum absolute atomic E-state index is 0.193. The summed E-state index contributed by atoms with van der Waals surface area (Å²) in [5.74, 6) is 2.54. The van der Waals surface area contributed by atoms with Crippen molar-refractivity contribution in [2.24, 2.45) is 0 Å². The highest BCUT2D eigenvalue weighted by atomic mass is 15.3. The number of hydrogen-bond donors (Lipinski definition) is 1. The molecule has 4 rings (SSSR count). The van der Waals surface area contributed by atoms with Gasteiger partial charge in [0.05, 0.1) is 5.56 Å². The molecule has 0 amide bonds. The monoisotopic (exact) mass is 316 g/mol. The van der Waals surface area contributed by atoms with Gasteiger partial charge >= 0.3 is 0 Å². The number of hydrogen-bond acceptors (Lipinski definition) is 5. The third-order valence-corrected chi connectivity index (χ3v) is 4.25. The number of benzene rings is 1. The van der Waals surface area contributed by atoms with E-state index in [1.54, 1.807) is 18.3 Å². The summed E-state index contributed by atoms with van der Waals surface area (Å²) < 4.78 is 2.16. The Morgan fingerprint density at radius 3 is 2.83 bits per heavy atom. The van der Waals surface area contributed by atoms with E-state index in [1.807, 2.05) is 30.3 Å². The molecule has 0 spiro atoms. The van der Waals surface area contributed by atoms with E-state index in [1.165, 1.54) is 0 Å². The van der Waals surface area contributed by atoms with Gasteiger partial charge in [-0.15, -0.1) is 10.2 Å². The molecule has 1 atom stereocenters. The van der Waals surface area contributed by atoms with Crippen LogP contribution in [-0.4, -0.2) is 25.8 Å². The number of fused-ring (bicyclic) bond motifs is 1. The van der Waals surface area contributed by atoms with Crippen LogP contribution in [0.5, 0.6) is 0 Å². The Labute approximate surface area is 139 Å². The number of nitriles is 1. The molecule has 2 aromatic heterocycles. The third kappa shape index (κ3) is 2.61. The first-order chi connectivity index (χ1) is 11.8. The van der Waals surface area contributed by atoms with Crippen LogP contribution in [0.25, 0.3) is 11.4 Å². The minimum atomic E-state index is 0.193. The van der Waals surface area contributed by atoms with Crippen molar-refractivity contribution in [2.75, 3.05) is 5.32 Å². The van der Waals surface area contributed by atoms with Crippen LogP contribution in [0.15, 0.2) is 48.7 Å². The van der Waals surface area contributed by atoms with Crippen molar-refractivity contribution in [1.82, 2.24) is 19.7 Å². The summed E-state index contributed by atoms with van der Waals surface area (Å²) in [7, 11) is 0. The van der Waals surface area contributed by atoms with Crippen molar-refractivity contribution in [3.63, 3.8) is 0 Å².